The fraction of sp³-hybridized carbons (Fsp3) is 0. The largest absolute Gasteiger partial charge is 0.192 e. The highest BCUT2D eigenvalue weighted by Crippen LogP contribution is 2.54. The third kappa shape index (κ3) is 3.06. The van der Waals surface area contributed by atoms with Crippen molar-refractivity contribution < 1.29 is 0 Å². The van der Waals surface area contributed by atoms with Gasteiger partial charge in [0, 0.05) is 0 Å². The van der Waals surface area contributed by atoms with E-state index in [0.717, 1.165) is 0 Å². The monoisotopic (exact) mass is 364 g/mol. The van der Waals surface area contributed by atoms with Gasteiger partial charge in [-0.25, -0.2) is 0 Å². The third-order valence-corrected chi connectivity index (χ3v) is 9.06. The summed E-state index contributed by atoms with van der Waals surface area (Å²) < 4.78 is 0. The molecule has 0 aliphatic heterocycles. The average Bonchev–Trinajstić information content (AvgIpc) is 2.77. The smallest absolute Gasteiger partial charge is 0.144 e. The molecule has 0 amide bonds. The standard InChI is InChI=1S/C25H19NP/c26-20-21-11-10-18-25(19-21)27(22-12-4-1-5-13-22,23-14-6-2-7-15-23)24-16-8-3-9-17-24/h1-19H/q+1. The normalized spacial score (nSPS) is 10.9. The van der Waals surface area contributed by atoms with Crippen LogP contribution in [-0.4, -0.2) is 0 Å². The van der Waals surface area contributed by atoms with Gasteiger partial charge in [-0.1, -0.05) is 60.7 Å². The number of hydrogen-bond donors (Lipinski definition) is 0. The maximum Gasteiger partial charge on any atom is 0.144 e. The van der Waals surface area contributed by atoms with E-state index in [0.29, 0.717) is 5.56 Å². The van der Waals surface area contributed by atoms with Crippen LogP contribution in [0.5, 0.6) is 0 Å². The van der Waals surface area contributed by atoms with Crippen LogP contribution in [0, 0.1) is 11.3 Å². The average molecular weight is 364 g/mol. The van der Waals surface area contributed by atoms with E-state index in [-0.39, 0.29) is 0 Å². The van der Waals surface area contributed by atoms with Crippen molar-refractivity contribution in [2.24, 2.45) is 0 Å². The first kappa shape index (κ1) is 17.2. The number of benzene rings is 4. The Hall–Kier alpha value is -3.20. The Balaban J connectivity index is 2.15. The van der Waals surface area contributed by atoms with Gasteiger partial charge in [0.2, 0.25) is 0 Å². The molecule has 0 aliphatic carbocycles. The Kier molecular flexibility index (Phi) is 4.84. The SMILES string of the molecule is N#Cc1cccc([P+](c2ccccc2)(c2ccccc2)c2ccccc2)c1. The van der Waals surface area contributed by atoms with Crippen LogP contribution in [-0.2, 0) is 0 Å². The molecule has 128 valence electrons. The minimum atomic E-state index is -2.10. The molecule has 4 rings (SSSR count). The molecule has 0 unspecified atom stereocenters. The van der Waals surface area contributed by atoms with E-state index in [1.165, 1.54) is 21.2 Å². The van der Waals surface area contributed by atoms with Crippen LogP contribution in [0.2, 0.25) is 0 Å². The van der Waals surface area contributed by atoms with E-state index in [1.54, 1.807) is 0 Å². The second kappa shape index (κ2) is 7.58. The van der Waals surface area contributed by atoms with Crippen LogP contribution in [0.4, 0.5) is 0 Å². The Morgan fingerprint density at radius 3 is 1.30 bits per heavy atom. The summed E-state index contributed by atoms with van der Waals surface area (Å²) in [7, 11) is -2.10. The van der Waals surface area contributed by atoms with Crippen molar-refractivity contribution in [1.29, 1.82) is 5.26 Å². The molecule has 0 saturated carbocycles. The first-order chi connectivity index (χ1) is 13.4. The van der Waals surface area contributed by atoms with E-state index in [2.05, 4.69) is 109 Å². The van der Waals surface area contributed by atoms with Gasteiger partial charge in [0.15, 0.2) is 0 Å². The molecule has 2 heteroatoms. The van der Waals surface area contributed by atoms with E-state index >= 15 is 0 Å². The molecular formula is C25H19NP+. The van der Waals surface area contributed by atoms with E-state index < -0.39 is 7.26 Å². The molecule has 0 spiro atoms. The summed E-state index contributed by atoms with van der Waals surface area (Å²) in [6, 6.07) is 42.5. The minimum absolute atomic E-state index is 0.694. The first-order valence-corrected chi connectivity index (χ1v) is 10.7. The third-order valence-electron chi connectivity index (χ3n) is 4.79. The minimum Gasteiger partial charge on any atom is -0.192 e. The summed E-state index contributed by atoms with van der Waals surface area (Å²) in [5.74, 6) is 0. The molecular weight excluding hydrogens is 345 g/mol. The predicted octanol–water partition coefficient (Wildman–Crippen LogP) is 4.18. The van der Waals surface area contributed by atoms with Gasteiger partial charge in [-0.3, -0.25) is 0 Å². The molecule has 0 atom stereocenters. The summed E-state index contributed by atoms with van der Waals surface area (Å²) in [4.78, 5) is 0. The summed E-state index contributed by atoms with van der Waals surface area (Å²) in [5.41, 5.74) is 0.694. The Morgan fingerprint density at radius 1 is 0.481 bits per heavy atom. The molecule has 0 bridgehead atoms. The van der Waals surface area contributed by atoms with Gasteiger partial charge < -0.3 is 0 Å². The van der Waals surface area contributed by atoms with Gasteiger partial charge in [0.05, 0.1) is 11.6 Å². The zero-order chi connectivity index (χ0) is 18.5. The van der Waals surface area contributed by atoms with Crippen molar-refractivity contribution in [2.45, 2.75) is 0 Å². The molecule has 0 radical (unpaired) electrons. The molecule has 0 aliphatic rings. The maximum absolute atomic E-state index is 9.50. The van der Waals surface area contributed by atoms with Crippen molar-refractivity contribution in [1.82, 2.24) is 0 Å². The van der Waals surface area contributed by atoms with Gasteiger partial charge in [-0.15, -0.1) is 0 Å². The second-order valence-corrected chi connectivity index (χ2v) is 9.75. The summed E-state index contributed by atoms with van der Waals surface area (Å²) in [5, 5.41) is 14.6. The number of hydrogen-bond acceptors (Lipinski definition) is 1. The highest BCUT2D eigenvalue weighted by atomic mass is 31.2. The Bertz CT molecular complexity index is 971. The van der Waals surface area contributed by atoms with Crippen LogP contribution in [0.15, 0.2) is 115 Å². The quantitative estimate of drug-likeness (QED) is 0.499. The lowest BCUT2D eigenvalue weighted by atomic mass is 10.2. The lowest BCUT2D eigenvalue weighted by molar-refractivity contribution is 1.49. The van der Waals surface area contributed by atoms with Crippen LogP contribution < -0.4 is 21.2 Å². The lowest BCUT2D eigenvalue weighted by Crippen LogP contribution is -2.38. The van der Waals surface area contributed by atoms with E-state index in [9.17, 15) is 5.26 Å². The zero-order valence-corrected chi connectivity index (χ0v) is 15.8. The van der Waals surface area contributed by atoms with Gasteiger partial charge >= 0.3 is 0 Å². The highest BCUT2D eigenvalue weighted by molar-refractivity contribution is 8.01. The van der Waals surface area contributed by atoms with Crippen LogP contribution in [0.3, 0.4) is 0 Å². The fourth-order valence-electron chi connectivity index (χ4n) is 3.63. The molecule has 0 heterocycles. The Labute approximate surface area is 160 Å². The zero-order valence-electron chi connectivity index (χ0n) is 14.9. The van der Waals surface area contributed by atoms with Crippen LogP contribution in [0.25, 0.3) is 0 Å². The highest BCUT2D eigenvalue weighted by Gasteiger charge is 2.47. The molecule has 4 aromatic rings. The molecule has 0 fully saturated rings. The second-order valence-electron chi connectivity index (χ2n) is 6.34. The maximum atomic E-state index is 9.50. The molecule has 0 aromatic heterocycles. The van der Waals surface area contributed by atoms with Gasteiger partial charge in [0.1, 0.15) is 28.5 Å². The summed E-state index contributed by atoms with van der Waals surface area (Å²) in [6.07, 6.45) is 0. The predicted molar refractivity (Wildman–Crippen MR) is 116 cm³/mol. The number of rotatable bonds is 4. The van der Waals surface area contributed by atoms with Gasteiger partial charge in [0.25, 0.3) is 0 Å². The van der Waals surface area contributed by atoms with Crippen molar-refractivity contribution in [3.8, 4) is 6.07 Å². The van der Waals surface area contributed by atoms with E-state index in [1.807, 2.05) is 12.1 Å². The molecule has 1 nitrogen and oxygen atoms in total. The fourth-order valence-corrected chi connectivity index (χ4v) is 7.92. The molecule has 0 saturated heterocycles. The topological polar surface area (TPSA) is 23.8 Å². The van der Waals surface area contributed by atoms with Crippen molar-refractivity contribution in [2.75, 3.05) is 0 Å². The molecule has 27 heavy (non-hydrogen) atoms. The summed E-state index contributed by atoms with van der Waals surface area (Å²) >= 11 is 0. The van der Waals surface area contributed by atoms with Crippen molar-refractivity contribution in [3.05, 3.63) is 121 Å². The van der Waals surface area contributed by atoms with Crippen LogP contribution >= 0.6 is 7.26 Å². The number of nitrogens with zero attached hydrogens (tertiary/aromatic N) is 1. The van der Waals surface area contributed by atoms with Gasteiger partial charge in [-0.2, -0.15) is 5.26 Å². The van der Waals surface area contributed by atoms with Crippen molar-refractivity contribution in [3.63, 3.8) is 0 Å². The number of nitriles is 1. The molecule has 0 N–H and O–H groups in total. The van der Waals surface area contributed by atoms with E-state index in [4.69, 9.17) is 0 Å². The van der Waals surface area contributed by atoms with Gasteiger partial charge in [-0.05, 0) is 54.6 Å². The Morgan fingerprint density at radius 2 is 0.889 bits per heavy atom. The molecule has 4 aromatic carbocycles. The first-order valence-electron chi connectivity index (χ1n) is 8.92. The van der Waals surface area contributed by atoms with Crippen molar-refractivity contribution >= 4 is 28.5 Å². The lowest BCUT2D eigenvalue weighted by Gasteiger charge is -2.27. The van der Waals surface area contributed by atoms with Crippen LogP contribution in [0.1, 0.15) is 5.56 Å². The summed E-state index contributed by atoms with van der Waals surface area (Å²) in [6.45, 7) is 0.